The lowest BCUT2D eigenvalue weighted by molar-refractivity contribution is 0.102. The van der Waals surface area contributed by atoms with Gasteiger partial charge in [-0.2, -0.15) is 0 Å². The van der Waals surface area contributed by atoms with Crippen LogP contribution in [0.2, 0.25) is 0 Å². The number of carbonyl (C=O) groups is 1. The highest BCUT2D eigenvalue weighted by Crippen LogP contribution is 2.31. The largest absolute Gasteiger partial charge is 0.486 e. The van der Waals surface area contributed by atoms with Crippen LogP contribution >= 0.6 is 15.9 Å². The highest BCUT2D eigenvalue weighted by Gasteiger charge is 2.15. The van der Waals surface area contributed by atoms with Crippen LogP contribution in [0.25, 0.3) is 0 Å². The molecule has 3 rings (SSSR count). The second-order valence-electron chi connectivity index (χ2n) is 4.65. The molecule has 0 saturated heterocycles. The van der Waals surface area contributed by atoms with E-state index in [2.05, 4.69) is 21.2 Å². The number of nitrogens with one attached hydrogen (secondary N) is 1. The van der Waals surface area contributed by atoms with Gasteiger partial charge in [0.25, 0.3) is 5.91 Å². The molecule has 21 heavy (non-hydrogen) atoms. The minimum Gasteiger partial charge on any atom is -0.486 e. The van der Waals surface area contributed by atoms with E-state index in [9.17, 15) is 4.79 Å². The zero-order chi connectivity index (χ0) is 14.7. The summed E-state index contributed by atoms with van der Waals surface area (Å²) in [6.45, 7) is 1.04. The third-order valence-corrected chi connectivity index (χ3v) is 3.79. The molecule has 4 nitrogen and oxygen atoms in total. The lowest BCUT2D eigenvalue weighted by Crippen LogP contribution is -2.17. The lowest BCUT2D eigenvalue weighted by Gasteiger charge is -2.18. The fourth-order valence-corrected chi connectivity index (χ4v) is 2.47. The van der Waals surface area contributed by atoms with E-state index in [0.29, 0.717) is 30.3 Å². The van der Waals surface area contributed by atoms with Crippen molar-refractivity contribution in [2.75, 3.05) is 18.5 Å². The molecule has 0 aliphatic carbocycles. The third kappa shape index (κ3) is 3.19. The summed E-state index contributed by atoms with van der Waals surface area (Å²) in [6, 6.07) is 12.9. The number of anilines is 1. The number of halogens is 1. The molecule has 1 aliphatic heterocycles. The van der Waals surface area contributed by atoms with Crippen molar-refractivity contribution in [1.29, 1.82) is 0 Å². The number of alkyl halides is 1. The normalized spacial score (nSPS) is 12.8. The van der Waals surface area contributed by atoms with Gasteiger partial charge in [0.1, 0.15) is 13.2 Å². The van der Waals surface area contributed by atoms with Crippen LogP contribution in [-0.2, 0) is 5.33 Å². The molecule has 1 amide bonds. The molecule has 2 aromatic rings. The first-order valence-corrected chi connectivity index (χ1v) is 7.74. The van der Waals surface area contributed by atoms with Crippen molar-refractivity contribution < 1.29 is 14.3 Å². The standard InChI is InChI=1S/C16H14BrNO3/c17-10-11-2-1-3-13(8-11)18-16(19)12-4-5-14-15(9-12)21-7-6-20-14/h1-5,8-9H,6-7,10H2,(H,18,19). The quantitative estimate of drug-likeness (QED) is 0.862. The van der Waals surface area contributed by atoms with Crippen LogP contribution in [0.5, 0.6) is 11.5 Å². The van der Waals surface area contributed by atoms with Crippen LogP contribution in [0.1, 0.15) is 15.9 Å². The molecule has 108 valence electrons. The van der Waals surface area contributed by atoms with Crippen molar-refractivity contribution in [1.82, 2.24) is 0 Å². The van der Waals surface area contributed by atoms with Gasteiger partial charge in [-0.3, -0.25) is 4.79 Å². The topological polar surface area (TPSA) is 47.6 Å². The van der Waals surface area contributed by atoms with Gasteiger partial charge in [0.05, 0.1) is 0 Å². The maximum atomic E-state index is 12.3. The molecule has 0 bridgehead atoms. The Kier molecular flexibility index (Phi) is 4.10. The first-order chi connectivity index (χ1) is 10.3. The van der Waals surface area contributed by atoms with Gasteiger partial charge in [-0.05, 0) is 35.9 Å². The number of rotatable bonds is 3. The Morgan fingerprint density at radius 2 is 1.90 bits per heavy atom. The SMILES string of the molecule is O=C(Nc1cccc(CBr)c1)c1ccc2c(c1)OCCO2. The number of amides is 1. The van der Waals surface area contributed by atoms with E-state index in [4.69, 9.17) is 9.47 Å². The first kappa shape index (κ1) is 13.9. The van der Waals surface area contributed by atoms with Crippen molar-refractivity contribution >= 4 is 27.5 Å². The van der Waals surface area contributed by atoms with Crippen molar-refractivity contribution in [3.8, 4) is 11.5 Å². The van der Waals surface area contributed by atoms with Gasteiger partial charge < -0.3 is 14.8 Å². The summed E-state index contributed by atoms with van der Waals surface area (Å²) in [5.41, 5.74) is 2.42. The lowest BCUT2D eigenvalue weighted by atomic mass is 10.1. The van der Waals surface area contributed by atoms with Crippen LogP contribution in [0, 0.1) is 0 Å². The molecule has 0 saturated carbocycles. The molecule has 1 aliphatic rings. The van der Waals surface area contributed by atoms with Crippen molar-refractivity contribution in [2.24, 2.45) is 0 Å². The smallest absolute Gasteiger partial charge is 0.255 e. The van der Waals surface area contributed by atoms with Crippen molar-refractivity contribution in [3.63, 3.8) is 0 Å². The van der Waals surface area contributed by atoms with Crippen LogP contribution in [-0.4, -0.2) is 19.1 Å². The van der Waals surface area contributed by atoms with E-state index >= 15 is 0 Å². The van der Waals surface area contributed by atoms with Gasteiger partial charge in [0, 0.05) is 16.6 Å². The molecule has 1 N–H and O–H groups in total. The third-order valence-electron chi connectivity index (χ3n) is 3.14. The van der Waals surface area contributed by atoms with Gasteiger partial charge in [0.2, 0.25) is 0 Å². The molecule has 0 aromatic heterocycles. The van der Waals surface area contributed by atoms with E-state index < -0.39 is 0 Å². The number of ether oxygens (including phenoxy) is 2. The second-order valence-corrected chi connectivity index (χ2v) is 5.21. The average molecular weight is 348 g/mol. The van der Waals surface area contributed by atoms with E-state index in [0.717, 1.165) is 16.6 Å². The summed E-state index contributed by atoms with van der Waals surface area (Å²) in [4.78, 5) is 12.3. The predicted octanol–water partition coefficient (Wildman–Crippen LogP) is 3.61. The highest BCUT2D eigenvalue weighted by molar-refractivity contribution is 9.08. The fraction of sp³-hybridized carbons (Fsp3) is 0.188. The summed E-state index contributed by atoms with van der Waals surface area (Å²) >= 11 is 3.40. The van der Waals surface area contributed by atoms with Gasteiger partial charge in [-0.25, -0.2) is 0 Å². The van der Waals surface area contributed by atoms with Gasteiger partial charge >= 0.3 is 0 Å². The summed E-state index contributed by atoms with van der Waals surface area (Å²) in [7, 11) is 0. The summed E-state index contributed by atoms with van der Waals surface area (Å²) in [6.07, 6.45) is 0. The number of carbonyl (C=O) groups excluding carboxylic acids is 1. The first-order valence-electron chi connectivity index (χ1n) is 6.62. The minimum atomic E-state index is -0.168. The van der Waals surface area contributed by atoms with Crippen LogP contribution in [0.3, 0.4) is 0 Å². The monoisotopic (exact) mass is 347 g/mol. The Morgan fingerprint density at radius 3 is 2.71 bits per heavy atom. The summed E-state index contributed by atoms with van der Waals surface area (Å²) < 4.78 is 10.9. The number of benzene rings is 2. The van der Waals surface area contributed by atoms with E-state index in [1.807, 2.05) is 24.3 Å². The van der Waals surface area contributed by atoms with Crippen LogP contribution in [0.15, 0.2) is 42.5 Å². The molecule has 0 atom stereocenters. The zero-order valence-corrected chi connectivity index (χ0v) is 12.9. The minimum absolute atomic E-state index is 0.168. The summed E-state index contributed by atoms with van der Waals surface area (Å²) in [5.74, 6) is 1.13. The van der Waals surface area contributed by atoms with Gasteiger partial charge in [-0.15, -0.1) is 0 Å². The molecule has 0 radical (unpaired) electrons. The molecular formula is C16H14BrNO3. The molecule has 0 spiro atoms. The molecule has 0 unspecified atom stereocenters. The maximum Gasteiger partial charge on any atom is 0.255 e. The molecule has 0 fully saturated rings. The van der Waals surface area contributed by atoms with E-state index in [-0.39, 0.29) is 5.91 Å². The number of hydrogen-bond acceptors (Lipinski definition) is 3. The Hall–Kier alpha value is -2.01. The molecular weight excluding hydrogens is 334 g/mol. The Balaban J connectivity index is 1.78. The number of fused-ring (bicyclic) bond motifs is 1. The Morgan fingerprint density at radius 1 is 1.10 bits per heavy atom. The van der Waals surface area contributed by atoms with Crippen molar-refractivity contribution in [3.05, 3.63) is 53.6 Å². The zero-order valence-electron chi connectivity index (χ0n) is 11.3. The van der Waals surface area contributed by atoms with Crippen molar-refractivity contribution in [2.45, 2.75) is 5.33 Å². The molecule has 1 heterocycles. The van der Waals surface area contributed by atoms with Crippen LogP contribution in [0.4, 0.5) is 5.69 Å². The summed E-state index contributed by atoms with van der Waals surface area (Å²) in [5, 5.41) is 3.63. The van der Waals surface area contributed by atoms with E-state index in [1.165, 1.54) is 0 Å². The maximum absolute atomic E-state index is 12.3. The van der Waals surface area contributed by atoms with Gasteiger partial charge in [0.15, 0.2) is 11.5 Å². The number of hydrogen-bond donors (Lipinski definition) is 1. The fourth-order valence-electron chi connectivity index (χ4n) is 2.12. The Bertz CT molecular complexity index is 672. The highest BCUT2D eigenvalue weighted by atomic mass is 79.9. The van der Waals surface area contributed by atoms with Gasteiger partial charge in [-0.1, -0.05) is 28.1 Å². The molecule has 5 heteroatoms. The Labute approximate surface area is 131 Å². The van der Waals surface area contributed by atoms with E-state index in [1.54, 1.807) is 18.2 Å². The predicted molar refractivity (Wildman–Crippen MR) is 84.5 cm³/mol. The molecule has 2 aromatic carbocycles. The average Bonchev–Trinajstić information content (AvgIpc) is 2.54. The second kappa shape index (κ2) is 6.18. The van der Waals surface area contributed by atoms with Crippen LogP contribution < -0.4 is 14.8 Å².